The number of primary amides is 1. The Kier molecular flexibility index (Phi) is 5.05. The minimum atomic E-state index is -0.817. The minimum Gasteiger partial charge on any atom is -0.478 e. The highest BCUT2D eigenvalue weighted by atomic mass is 79.9. The van der Waals surface area contributed by atoms with E-state index >= 15 is 0 Å². The van der Waals surface area contributed by atoms with E-state index in [-0.39, 0.29) is 6.61 Å². The van der Waals surface area contributed by atoms with Gasteiger partial charge in [0.1, 0.15) is 5.75 Å². The number of carbonyl (C=O) groups excluding carboxylic acids is 1. The van der Waals surface area contributed by atoms with Gasteiger partial charge < -0.3 is 15.2 Å². The molecule has 0 spiro atoms. The molecule has 16 heavy (non-hydrogen) atoms. The molecule has 0 saturated carbocycles. The predicted molar refractivity (Wildman–Crippen MR) is 64.6 cm³/mol. The van der Waals surface area contributed by atoms with Crippen molar-refractivity contribution in [2.45, 2.75) is 6.10 Å². The van der Waals surface area contributed by atoms with Crippen LogP contribution in [0, 0.1) is 0 Å². The summed E-state index contributed by atoms with van der Waals surface area (Å²) in [5.74, 6) is -0.116. The number of rotatable bonds is 5. The Labute approximate surface area is 107 Å². The molecular weight excluding hydrogens is 297 g/mol. The van der Waals surface area contributed by atoms with Crippen molar-refractivity contribution in [3.05, 3.63) is 27.7 Å². The fourth-order valence-electron chi connectivity index (χ4n) is 1.04. The normalized spacial score (nSPS) is 12.2. The smallest absolute Gasteiger partial charge is 0.260 e. The number of amides is 1. The second kappa shape index (κ2) is 6.08. The molecule has 0 heterocycles. The van der Waals surface area contributed by atoms with Crippen LogP contribution < -0.4 is 10.5 Å². The Morgan fingerprint density at radius 1 is 1.62 bits per heavy atom. The first kappa shape index (κ1) is 13.3. The van der Waals surface area contributed by atoms with E-state index < -0.39 is 12.0 Å². The summed E-state index contributed by atoms with van der Waals surface area (Å²) in [5.41, 5.74) is 5.15. The number of hydrogen-bond donors (Lipinski definition) is 1. The summed E-state index contributed by atoms with van der Waals surface area (Å²) in [6.07, 6.45) is -0.817. The molecule has 0 aliphatic rings. The molecule has 0 aliphatic heterocycles. The number of ether oxygens (including phenoxy) is 2. The lowest BCUT2D eigenvalue weighted by molar-refractivity contribution is -0.126. The van der Waals surface area contributed by atoms with Crippen molar-refractivity contribution in [2.75, 3.05) is 13.7 Å². The van der Waals surface area contributed by atoms with Gasteiger partial charge in [-0.25, -0.2) is 0 Å². The molecule has 0 fully saturated rings. The molecule has 88 valence electrons. The highest BCUT2D eigenvalue weighted by Gasteiger charge is 2.17. The van der Waals surface area contributed by atoms with E-state index in [2.05, 4.69) is 15.9 Å². The summed E-state index contributed by atoms with van der Waals surface area (Å²) >= 11 is 9.13. The monoisotopic (exact) mass is 307 g/mol. The van der Waals surface area contributed by atoms with Crippen LogP contribution in [0.25, 0.3) is 0 Å². The zero-order valence-electron chi connectivity index (χ0n) is 8.57. The molecule has 1 aromatic carbocycles. The number of halogens is 2. The number of benzene rings is 1. The largest absolute Gasteiger partial charge is 0.478 e. The highest BCUT2D eigenvalue weighted by Crippen LogP contribution is 2.27. The van der Waals surface area contributed by atoms with Crippen LogP contribution in [0.3, 0.4) is 0 Å². The van der Waals surface area contributed by atoms with Crippen molar-refractivity contribution in [2.24, 2.45) is 5.73 Å². The number of hydrogen-bond acceptors (Lipinski definition) is 3. The summed E-state index contributed by atoms with van der Waals surface area (Å²) < 4.78 is 10.9. The van der Waals surface area contributed by atoms with E-state index in [0.717, 1.165) is 4.47 Å². The summed E-state index contributed by atoms with van der Waals surface area (Å²) in [4.78, 5) is 11.0. The average Bonchev–Trinajstić information content (AvgIpc) is 2.22. The Bertz CT molecular complexity index is 386. The van der Waals surface area contributed by atoms with Crippen LogP contribution in [0.15, 0.2) is 22.7 Å². The van der Waals surface area contributed by atoms with Crippen LogP contribution in [0.4, 0.5) is 0 Å². The van der Waals surface area contributed by atoms with Gasteiger partial charge in [0.25, 0.3) is 5.91 Å². The van der Waals surface area contributed by atoms with Gasteiger partial charge in [-0.2, -0.15) is 0 Å². The average molecular weight is 309 g/mol. The first-order valence-corrected chi connectivity index (χ1v) is 5.61. The van der Waals surface area contributed by atoms with Crippen LogP contribution >= 0.6 is 27.5 Å². The van der Waals surface area contributed by atoms with Crippen molar-refractivity contribution in [3.8, 4) is 5.75 Å². The van der Waals surface area contributed by atoms with E-state index in [9.17, 15) is 4.79 Å². The molecule has 0 aliphatic carbocycles. The fourth-order valence-corrected chi connectivity index (χ4v) is 1.46. The topological polar surface area (TPSA) is 61.6 Å². The molecule has 0 radical (unpaired) electrons. The summed E-state index contributed by atoms with van der Waals surface area (Å²) in [7, 11) is 1.47. The molecule has 1 unspecified atom stereocenters. The molecule has 2 N–H and O–H groups in total. The van der Waals surface area contributed by atoms with Crippen LogP contribution in [0.1, 0.15) is 0 Å². The SMILES string of the molecule is COCC(Oc1ccc(Br)c(Cl)c1)C(N)=O. The highest BCUT2D eigenvalue weighted by molar-refractivity contribution is 9.10. The number of nitrogens with two attached hydrogens (primary N) is 1. The van der Waals surface area contributed by atoms with Gasteiger partial charge in [0.15, 0.2) is 6.10 Å². The van der Waals surface area contributed by atoms with Crippen LogP contribution in [-0.4, -0.2) is 25.7 Å². The van der Waals surface area contributed by atoms with Gasteiger partial charge in [-0.3, -0.25) is 4.79 Å². The number of methoxy groups -OCH3 is 1. The lowest BCUT2D eigenvalue weighted by Gasteiger charge is -2.15. The van der Waals surface area contributed by atoms with E-state index in [1.807, 2.05) is 0 Å². The van der Waals surface area contributed by atoms with Crippen molar-refractivity contribution in [3.63, 3.8) is 0 Å². The predicted octanol–water partition coefficient (Wildman–Crippen LogP) is 1.98. The summed E-state index contributed by atoms with van der Waals surface area (Å²) in [6.45, 7) is 0.100. The second-order valence-electron chi connectivity index (χ2n) is 3.04. The maximum atomic E-state index is 11.0. The molecule has 1 atom stereocenters. The van der Waals surface area contributed by atoms with Crippen LogP contribution in [0.5, 0.6) is 5.75 Å². The zero-order valence-corrected chi connectivity index (χ0v) is 10.9. The molecule has 0 saturated heterocycles. The third kappa shape index (κ3) is 3.66. The third-order valence-electron chi connectivity index (χ3n) is 1.80. The fraction of sp³-hybridized carbons (Fsp3) is 0.300. The van der Waals surface area contributed by atoms with Crippen molar-refractivity contribution < 1.29 is 14.3 Å². The van der Waals surface area contributed by atoms with Crippen molar-refractivity contribution in [1.82, 2.24) is 0 Å². The van der Waals surface area contributed by atoms with Gasteiger partial charge in [-0.15, -0.1) is 0 Å². The molecular formula is C10H11BrClNO3. The van der Waals surface area contributed by atoms with E-state index in [1.54, 1.807) is 18.2 Å². The molecule has 4 nitrogen and oxygen atoms in total. The first-order valence-electron chi connectivity index (χ1n) is 4.44. The second-order valence-corrected chi connectivity index (χ2v) is 4.30. The zero-order chi connectivity index (χ0) is 12.1. The molecule has 1 amide bonds. The third-order valence-corrected chi connectivity index (χ3v) is 3.04. The maximum Gasteiger partial charge on any atom is 0.260 e. The van der Waals surface area contributed by atoms with E-state index in [0.29, 0.717) is 10.8 Å². The molecule has 6 heteroatoms. The van der Waals surface area contributed by atoms with Crippen molar-refractivity contribution >= 4 is 33.4 Å². The van der Waals surface area contributed by atoms with Gasteiger partial charge in [-0.05, 0) is 34.1 Å². The minimum absolute atomic E-state index is 0.100. The summed E-state index contributed by atoms with van der Waals surface area (Å²) in [6, 6.07) is 5.00. The summed E-state index contributed by atoms with van der Waals surface area (Å²) in [5, 5.41) is 0.498. The Balaban J connectivity index is 2.77. The first-order chi connectivity index (χ1) is 7.54. The van der Waals surface area contributed by atoms with Gasteiger partial charge in [-0.1, -0.05) is 11.6 Å². The maximum absolute atomic E-state index is 11.0. The lowest BCUT2D eigenvalue weighted by atomic mass is 10.3. The lowest BCUT2D eigenvalue weighted by Crippen LogP contribution is -2.37. The molecule has 0 bridgehead atoms. The Hall–Kier alpha value is -0.780. The van der Waals surface area contributed by atoms with Crippen LogP contribution in [0.2, 0.25) is 5.02 Å². The molecule has 1 rings (SSSR count). The van der Waals surface area contributed by atoms with E-state index in [4.69, 9.17) is 26.8 Å². The molecule has 1 aromatic rings. The van der Waals surface area contributed by atoms with E-state index in [1.165, 1.54) is 7.11 Å². The van der Waals surface area contributed by atoms with Gasteiger partial charge in [0, 0.05) is 11.6 Å². The Morgan fingerprint density at radius 3 is 2.81 bits per heavy atom. The molecule has 0 aromatic heterocycles. The van der Waals surface area contributed by atoms with Crippen LogP contribution in [-0.2, 0) is 9.53 Å². The standard InChI is InChI=1S/C10H11BrClNO3/c1-15-5-9(10(13)14)16-6-2-3-7(11)8(12)4-6/h2-4,9H,5H2,1H3,(H2,13,14). The van der Waals surface area contributed by atoms with Gasteiger partial charge in [0.2, 0.25) is 0 Å². The van der Waals surface area contributed by atoms with Gasteiger partial charge in [0.05, 0.1) is 11.6 Å². The Morgan fingerprint density at radius 2 is 2.31 bits per heavy atom. The van der Waals surface area contributed by atoms with Crippen molar-refractivity contribution in [1.29, 1.82) is 0 Å². The number of carbonyl (C=O) groups is 1. The quantitative estimate of drug-likeness (QED) is 0.905. The van der Waals surface area contributed by atoms with Gasteiger partial charge >= 0.3 is 0 Å².